The third-order valence-electron chi connectivity index (χ3n) is 2.98. The average Bonchev–Trinajstić information content (AvgIpc) is 2.61. The molecule has 0 aliphatic carbocycles. The summed E-state index contributed by atoms with van der Waals surface area (Å²) in [5, 5.41) is 3.34. The highest BCUT2D eigenvalue weighted by Crippen LogP contribution is 2.26. The molecule has 1 aromatic rings. The van der Waals surface area contributed by atoms with E-state index in [0.29, 0.717) is 4.47 Å². The fourth-order valence-corrected chi connectivity index (χ4v) is 2.38. The van der Waals surface area contributed by atoms with Crippen molar-refractivity contribution in [3.63, 3.8) is 0 Å². The maximum Gasteiger partial charge on any atom is 0.139 e. The van der Waals surface area contributed by atoms with Crippen molar-refractivity contribution in [1.82, 2.24) is 0 Å². The van der Waals surface area contributed by atoms with Gasteiger partial charge in [0.25, 0.3) is 0 Å². The van der Waals surface area contributed by atoms with Crippen molar-refractivity contribution in [2.45, 2.75) is 32.4 Å². The molecule has 0 bridgehead atoms. The molecule has 2 unspecified atom stereocenters. The maximum atomic E-state index is 13.4. The van der Waals surface area contributed by atoms with Gasteiger partial charge in [-0.05, 0) is 53.9 Å². The Balaban J connectivity index is 2.18. The summed E-state index contributed by atoms with van der Waals surface area (Å²) in [5.74, 6) is -0.236. The molecule has 0 aromatic heterocycles. The highest BCUT2D eigenvalue weighted by molar-refractivity contribution is 9.10. The van der Waals surface area contributed by atoms with Gasteiger partial charge in [-0.3, -0.25) is 0 Å². The summed E-state index contributed by atoms with van der Waals surface area (Å²) in [5.41, 5.74) is 1.88. The van der Waals surface area contributed by atoms with Crippen molar-refractivity contribution in [3.8, 4) is 0 Å². The Morgan fingerprint density at radius 2 is 2.25 bits per heavy atom. The first-order valence-electron chi connectivity index (χ1n) is 5.41. The first-order valence-corrected chi connectivity index (χ1v) is 6.21. The van der Waals surface area contributed by atoms with E-state index in [0.717, 1.165) is 24.3 Å². The minimum absolute atomic E-state index is 0.186. The zero-order valence-corrected chi connectivity index (χ0v) is 11.0. The van der Waals surface area contributed by atoms with Crippen LogP contribution >= 0.6 is 15.9 Å². The number of anilines is 1. The predicted octanol–water partition coefficient (Wildman–Crippen LogP) is 3.49. The van der Waals surface area contributed by atoms with E-state index in [1.165, 1.54) is 6.07 Å². The van der Waals surface area contributed by atoms with Crippen LogP contribution < -0.4 is 5.32 Å². The molecule has 0 amide bonds. The van der Waals surface area contributed by atoms with Gasteiger partial charge in [-0.25, -0.2) is 4.39 Å². The van der Waals surface area contributed by atoms with Gasteiger partial charge in [-0.2, -0.15) is 0 Å². The molecule has 1 saturated heterocycles. The molecule has 1 fully saturated rings. The molecule has 2 rings (SSSR count). The van der Waals surface area contributed by atoms with Crippen LogP contribution in [0.1, 0.15) is 18.9 Å². The number of nitrogens with one attached hydrogen (secondary N) is 1. The second-order valence-electron chi connectivity index (χ2n) is 4.20. The molecule has 2 atom stereocenters. The highest BCUT2D eigenvalue weighted by Gasteiger charge is 2.24. The number of aryl methyl sites for hydroxylation is 1. The lowest BCUT2D eigenvalue weighted by molar-refractivity contribution is 0.121. The van der Waals surface area contributed by atoms with E-state index >= 15 is 0 Å². The number of halogens is 2. The highest BCUT2D eigenvalue weighted by atomic mass is 79.9. The molecule has 2 nitrogen and oxygen atoms in total. The fourth-order valence-electron chi connectivity index (χ4n) is 1.92. The van der Waals surface area contributed by atoms with E-state index in [4.69, 9.17) is 4.74 Å². The number of hydrogen-bond acceptors (Lipinski definition) is 2. The van der Waals surface area contributed by atoms with Gasteiger partial charge in [0.15, 0.2) is 0 Å². The van der Waals surface area contributed by atoms with Crippen LogP contribution in [0.4, 0.5) is 10.1 Å². The molecule has 0 radical (unpaired) electrons. The monoisotopic (exact) mass is 287 g/mol. The standard InChI is InChI=1S/C12H15BrFNO/c1-7-5-9(13)10(14)6-12(7)15-11-3-4-16-8(11)2/h5-6,8,11,15H,3-4H2,1-2H3. The minimum atomic E-state index is -0.236. The molecule has 0 spiro atoms. The van der Waals surface area contributed by atoms with E-state index in [-0.39, 0.29) is 18.0 Å². The first-order chi connectivity index (χ1) is 7.58. The zero-order valence-electron chi connectivity index (χ0n) is 9.39. The van der Waals surface area contributed by atoms with Gasteiger partial charge in [0.2, 0.25) is 0 Å². The van der Waals surface area contributed by atoms with Crippen LogP contribution in [0.5, 0.6) is 0 Å². The Morgan fingerprint density at radius 1 is 1.50 bits per heavy atom. The Kier molecular flexibility index (Phi) is 3.50. The summed E-state index contributed by atoms with van der Waals surface area (Å²) >= 11 is 3.18. The Hall–Kier alpha value is -0.610. The Labute approximate surface area is 103 Å². The lowest BCUT2D eigenvalue weighted by Gasteiger charge is -2.19. The molecule has 88 valence electrons. The van der Waals surface area contributed by atoms with Crippen LogP contribution in [0.25, 0.3) is 0 Å². The molecule has 1 aliphatic heterocycles. The van der Waals surface area contributed by atoms with E-state index in [2.05, 4.69) is 21.2 Å². The van der Waals surface area contributed by atoms with E-state index in [1.54, 1.807) is 6.07 Å². The Morgan fingerprint density at radius 3 is 2.88 bits per heavy atom. The fraction of sp³-hybridized carbons (Fsp3) is 0.500. The topological polar surface area (TPSA) is 21.3 Å². The van der Waals surface area contributed by atoms with Gasteiger partial charge in [-0.1, -0.05) is 0 Å². The quantitative estimate of drug-likeness (QED) is 0.899. The third kappa shape index (κ3) is 2.38. The molecule has 4 heteroatoms. The number of benzene rings is 1. The summed E-state index contributed by atoms with van der Waals surface area (Å²) in [6, 6.07) is 3.60. The Bertz CT molecular complexity index is 397. The largest absolute Gasteiger partial charge is 0.379 e. The zero-order chi connectivity index (χ0) is 11.7. The molecule has 1 N–H and O–H groups in total. The second-order valence-corrected chi connectivity index (χ2v) is 5.05. The molecular weight excluding hydrogens is 273 g/mol. The average molecular weight is 288 g/mol. The first kappa shape index (κ1) is 11.9. The molecule has 1 aromatic carbocycles. The van der Waals surface area contributed by atoms with Crippen LogP contribution in [0.2, 0.25) is 0 Å². The van der Waals surface area contributed by atoms with Crippen LogP contribution in [0, 0.1) is 12.7 Å². The van der Waals surface area contributed by atoms with Gasteiger partial charge < -0.3 is 10.1 Å². The van der Waals surface area contributed by atoms with Crippen molar-refractivity contribution in [2.24, 2.45) is 0 Å². The van der Waals surface area contributed by atoms with Crippen LogP contribution in [-0.2, 0) is 4.74 Å². The maximum absolute atomic E-state index is 13.4. The molecule has 0 saturated carbocycles. The molecule has 16 heavy (non-hydrogen) atoms. The van der Waals surface area contributed by atoms with Gasteiger partial charge in [0.1, 0.15) is 5.82 Å². The van der Waals surface area contributed by atoms with Crippen molar-refractivity contribution < 1.29 is 9.13 Å². The van der Waals surface area contributed by atoms with E-state index in [9.17, 15) is 4.39 Å². The summed E-state index contributed by atoms with van der Waals surface area (Å²) < 4.78 is 19.4. The van der Waals surface area contributed by atoms with E-state index < -0.39 is 0 Å². The number of ether oxygens (including phenoxy) is 1. The lowest BCUT2D eigenvalue weighted by atomic mass is 10.1. The number of rotatable bonds is 2. The van der Waals surface area contributed by atoms with Gasteiger partial charge >= 0.3 is 0 Å². The lowest BCUT2D eigenvalue weighted by Crippen LogP contribution is -2.27. The van der Waals surface area contributed by atoms with Gasteiger partial charge in [0.05, 0.1) is 16.6 Å². The third-order valence-corrected chi connectivity index (χ3v) is 3.59. The normalized spacial score (nSPS) is 24.8. The molecule has 1 aliphatic rings. The summed E-state index contributed by atoms with van der Waals surface area (Å²) in [4.78, 5) is 0. The van der Waals surface area contributed by atoms with Gasteiger partial charge in [0, 0.05) is 12.3 Å². The second kappa shape index (κ2) is 4.72. The van der Waals surface area contributed by atoms with Crippen LogP contribution in [0.3, 0.4) is 0 Å². The van der Waals surface area contributed by atoms with E-state index in [1.807, 2.05) is 13.8 Å². The summed E-state index contributed by atoms with van der Waals surface area (Å²) in [6.45, 7) is 4.78. The smallest absolute Gasteiger partial charge is 0.139 e. The number of hydrogen-bond donors (Lipinski definition) is 1. The van der Waals surface area contributed by atoms with Crippen molar-refractivity contribution in [3.05, 3.63) is 28.0 Å². The van der Waals surface area contributed by atoms with Crippen LogP contribution in [-0.4, -0.2) is 18.8 Å². The SMILES string of the molecule is Cc1cc(Br)c(F)cc1NC1CCOC1C. The van der Waals surface area contributed by atoms with Crippen molar-refractivity contribution >= 4 is 21.6 Å². The molecular formula is C12H15BrFNO. The summed E-state index contributed by atoms with van der Waals surface area (Å²) in [6.07, 6.45) is 1.16. The van der Waals surface area contributed by atoms with Crippen LogP contribution in [0.15, 0.2) is 16.6 Å². The molecule has 1 heterocycles. The van der Waals surface area contributed by atoms with Crippen molar-refractivity contribution in [1.29, 1.82) is 0 Å². The van der Waals surface area contributed by atoms with Crippen molar-refractivity contribution in [2.75, 3.05) is 11.9 Å². The summed E-state index contributed by atoms with van der Waals surface area (Å²) in [7, 11) is 0. The van der Waals surface area contributed by atoms with Gasteiger partial charge in [-0.15, -0.1) is 0 Å². The predicted molar refractivity (Wildman–Crippen MR) is 66.3 cm³/mol. The minimum Gasteiger partial charge on any atom is -0.379 e.